The Bertz CT molecular complexity index is 690. The topological polar surface area (TPSA) is 46.6 Å². The average Bonchev–Trinajstić information content (AvgIpc) is 2.67. The maximum absolute atomic E-state index is 12.8. The van der Waals surface area contributed by atoms with Gasteiger partial charge in [-0.1, -0.05) is 67.6 Å². The summed E-state index contributed by atoms with van der Waals surface area (Å²) >= 11 is 0. The molecule has 0 aromatic heterocycles. The lowest BCUT2D eigenvalue weighted by atomic mass is 9.79. The smallest absolute Gasteiger partial charge is 0.307 e. The fraction of sp³-hybridized carbons (Fsp3) is 0.333. The molecular formula is C21H23NO3. The summed E-state index contributed by atoms with van der Waals surface area (Å²) in [5.74, 6) is -0.288. The molecule has 130 valence electrons. The van der Waals surface area contributed by atoms with E-state index in [2.05, 4.69) is 0 Å². The summed E-state index contributed by atoms with van der Waals surface area (Å²) in [7, 11) is 1.39. The highest BCUT2D eigenvalue weighted by atomic mass is 16.5. The van der Waals surface area contributed by atoms with Crippen LogP contribution in [0.5, 0.6) is 0 Å². The van der Waals surface area contributed by atoms with Crippen molar-refractivity contribution in [3.05, 3.63) is 71.8 Å². The van der Waals surface area contributed by atoms with Gasteiger partial charge in [0.2, 0.25) is 5.91 Å². The SMILES string of the molecule is CC[C@H]1C(=O)N(C(c2ccccc2)c2ccccc2)[C@H]1CC(=O)OC. The predicted octanol–water partition coefficient (Wildman–Crippen LogP) is 3.58. The number of carbonyl (C=O) groups is 2. The second-order valence-electron chi connectivity index (χ2n) is 6.33. The molecule has 1 heterocycles. The molecule has 2 aromatic rings. The van der Waals surface area contributed by atoms with Crippen LogP contribution in [0.25, 0.3) is 0 Å². The third-order valence-corrected chi connectivity index (χ3v) is 4.95. The third kappa shape index (κ3) is 3.29. The van der Waals surface area contributed by atoms with Gasteiger partial charge in [-0.3, -0.25) is 9.59 Å². The van der Waals surface area contributed by atoms with Gasteiger partial charge in [-0.15, -0.1) is 0 Å². The van der Waals surface area contributed by atoms with E-state index >= 15 is 0 Å². The van der Waals surface area contributed by atoms with E-state index in [9.17, 15) is 9.59 Å². The van der Waals surface area contributed by atoms with Gasteiger partial charge in [-0.05, 0) is 17.5 Å². The van der Waals surface area contributed by atoms with E-state index in [1.165, 1.54) is 7.11 Å². The molecule has 25 heavy (non-hydrogen) atoms. The summed E-state index contributed by atoms with van der Waals surface area (Å²) in [4.78, 5) is 26.6. The summed E-state index contributed by atoms with van der Waals surface area (Å²) in [6.07, 6.45) is 0.963. The molecule has 0 N–H and O–H groups in total. The number of nitrogens with zero attached hydrogens (tertiary/aromatic N) is 1. The van der Waals surface area contributed by atoms with E-state index in [0.717, 1.165) is 17.5 Å². The van der Waals surface area contributed by atoms with Crippen LogP contribution in [0, 0.1) is 5.92 Å². The lowest BCUT2D eigenvalue weighted by Gasteiger charge is -2.51. The van der Waals surface area contributed by atoms with Gasteiger partial charge < -0.3 is 9.64 Å². The molecule has 1 fully saturated rings. The lowest BCUT2D eigenvalue weighted by molar-refractivity contribution is -0.164. The molecule has 0 unspecified atom stereocenters. The first-order chi connectivity index (χ1) is 12.2. The number of hydrogen-bond acceptors (Lipinski definition) is 3. The van der Waals surface area contributed by atoms with Crippen LogP contribution in [-0.4, -0.2) is 29.9 Å². The number of likely N-dealkylation sites (tertiary alicyclic amines) is 1. The minimum absolute atomic E-state index is 0.106. The molecule has 0 spiro atoms. The number of esters is 1. The minimum Gasteiger partial charge on any atom is -0.469 e. The first kappa shape index (κ1) is 17.2. The second-order valence-corrected chi connectivity index (χ2v) is 6.33. The first-order valence-electron chi connectivity index (χ1n) is 8.66. The van der Waals surface area contributed by atoms with Crippen molar-refractivity contribution >= 4 is 11.9 Å². The predicted molar refractivity (Wildman–Crippen MR) is 95.8 cm³/mol. The maximum atomic E-state index is 12.8. The van der Waals surface area contributed by atoms with Crippen molar-refractivity contribution in [1.29, 1.82) is 0 Å². The van der Waals surface area contributed by atoms with E-state index < -0.39 is 0 Å². The van der Waals surface area contributed by atoms with Crippen molar-refractivity contribution in [1.82, 2.24) is 4.90 Å². The number of β-lactam (4-membered cyclic amide) rings is 1. The van der Waals surface area contributed by atoms with Gasteiger partial charge in [0.05, 0.1) is 31.5 Å². The summed E-state index contributed by atoms with van der Waals surface area (Å²) < 4.78 is 4.85. The van der Waals surface area contributed by atoms with Gasteiger partial charge in [0.1, 0.15) is 0 Å². The third-order valence-electron chi connectivity index (χ3n) is 4.95. The number of carbonyl (C=O) groups excluding carboxylic acids is 2. The van der Waals surface area contributed by atoms with E-state index in [1.54, 1.807) is 0 Å². The summed E-state index contributed by atoms with van der Waals surface area (Å²) in [6.45, 7) is 1.99. The molecule has 0 bridgehead atoms. The van der Waals surface area contributed by atoms with Crippen molar-refractivity contribution in [3.8, 4) is 0 Å². The van der Waals surface area contributed by atoms with Crippen LogP contribution in [0.2, 0.25) is 0 Å². The van der Waals surface area contributed by atoms with Crippen molar-refractivity contribution in [3.63, 3.8) is 0 Å². The highest BCUT2D eigenvalue weighted by Crippen LogP contribution is 2.42. The molecular weight excluding hydrogens is 314 g/mol. The Labute approximate surface area is 148 Å². The van der Waals surface area contributed by atoms with E-state index in [1.807, 2.05) is 72.5 Å². The van der Waals surface area contributed by atoms with Crippen molar-refractivity contribution < 1.29 is 14.3 Å². The largest absolute Gasteiger partial charge is 0.469 e. The maximum Gasteiger partial charge on any atom is 0.307 e. The Morgan fingerprint density at radius 1 is 1.04 bits per heavy atom. The second kappa shape index (κ2) is 7.51. The Morgan fingerprint density at radius 2 is 1.56 bits per heavy atom. The molecule has 4 nitrogen and oxygen atoms in total. The number of ether oxygens (including phenoxy) is 1. The van der Waals surface area contributed by atoms with E-state index in [4.69, 9.17) is 4.74 Å². The van der Waals surface area contributed by atoms with Crippen molar-refractivity contribution in [2.75, 3.05) is 7.11 Å². The number of benzene rings is 2. The number of methoxy groups -OCH3 is 1. The monoisotopic (exact) mass is 337 g/mol. The summed E-state index contributed by atoms with van der Waals surface area (Å²) in [6, 6.07) is 19.6. The Morgan fingerprint density at radius 3 is 2.00 bits per heavy atom. The standard InChI is InChI=1S/C21H23NO3/c1-3-17-18(14-19(23)25-2)22(21(17)24)20(15-10-6-4-7-11-15)16-12-8-5-9-13-16/h4-13,17-18,20H,3,14H2,1-2H3/t17-,18+/m1/s1. The molecule has 4 heteroatoms. The fourth-order valence-electron chi connectivity index (χ4n) is 3.68. The van der Waals surface area contributed by atoms with Crippen molar-refractivity contribution in [2.24, 2.45) is 5.92 Å². The molecule has 3 rings (SSSR count). The van der Waals surface area contributed by atoms with Gasteiger partial charge in [-0.25, -0.2) is 0 Å². The Hall–Kier alpha value is -2.62. The first-order valence-corrected chi connectivity index (χ1v) is 8.66. The zero-order chi connectivity index (χ0) is 17.8. The van der Waals surface area contributed by atoms with E-state index in [-0.39, 0.29) is 36.3 Å². The quantitative estimate of drug-likeness (QED) is 0.598. The Kier molecular flexibility index (Phi) is 5.17. The lowest BCUT2D eigenvalue weighted by Crippen LogP contribution is -2.62. The highest BCUT2D eigenvalue weighted by molar-refractivity contribution is 5.88. The Balaban J connectivity index is 2.00. The normalized spacial score (nSPS) is 19.6. The molecule has 2 atom stereocenters. The molecule has 1 aliphatic rings. The van der Waals surface area contributed by atoms with Crippen LogP contribution in [-0.2, 0) is 14.3 Å². The molecule has 0 aliphatic carbocycles. The van der Waals surface area contributed by atoms with Crippen LogP contribution in [0.1, 0.15) is 36.9 Å². The summed E-state index contributed by atoms with van der Waals surface area (Å²) in [5, 5.41) is 0. The molecule has 0 radical (unpaired) electrons. The number of amides is 1. The highest BCUT2D eigenvalue weighted by Gasteiger charge is 2.50. The van der Waals surface area contributed by atoms with E-state index in [0.29, 0.717) is 0 Å². The molecule has 0 saturated carbocycles. The fourth-order valence-corrected chi connectivity index (χ4v) is 3.68. The van der Waals surface area contributed by atoms with Crippen molar-refractivity contribution in [2.45, 2.75) is 31.8 Å². The van der Waals surface area contributed by atoms with Crippen LogP contribution in [0.15, 0.2) is 60.7 Å². The average molecular weight is 337 g/mol. The van der Waals surface area contributed by atoms with Crippen LogP contribution in [0.3, 0.4) is 0 Å². The van der Waals surface area contributed by atoms with Gasteiger partial charge in [0, 0.05) is 0 Å². The van der Waals surface area contributed by atoms with Gasteiger partial charge in [-0.2, -0.15) is 0 Å². The zero-order valence-electron chi connectivity index (χ0n) is 14.6. The number of hydrogen-bond donors (Lipinski definition) is 0. The van der Waals surface area contributed by atoms with Crippen LogP contribution < -0.4 is 0 Å². The molecule has 2 aromatic carbocycles. The van der Waals surface area contributed by atoms with Gasteiger partial charge in [0.25, 0.3) is 0 Å². The molecule has 1 amide bonds. The zero-order valence-corrected chi connectivity index (χ0v) is 14.6. The van der Waals surface area contributed by atoms with Crippen LogP contribution >= 0.6 is 0 Å². The number of rotatable bonds is 6. The summed E-state index contributed by atoms with van der Waals surface area (Å²) in [5.41, 5.74) is 2.10. The minimum atomic E-state index is -0.277. The molecule has 1 aliphatic heterocycles. The molecule has 1 saturated heterocycles. The van der Waals surface area contributed by atoms with Gasteiger partial charge >= 0.3 is 5.97 Å². The van der Waals surface area contributed by atoms with Gasteiger partial charge in [0.15, 0.2) is 0 Å². The van der Waals surface area contributed by atoms with Crippen LogP contribution in [0.4, 0.5) is 0 Å².